The third kappa shape index (κ3) is 4.98. The highest BCUT2D eigenvalue weighted by molar-refractivity contribution is 5.44. The number of aromatic nitrogens is 3. The summed E-state index contributed by atoms with van der Waals surface area (Å²) in [6.07, 6.45) is 1.60. The van der Waals surface area contributed by atoms with E-state index in [0.29, 0.717) is 35.7 Å². The molecule has 0 radical (unpaired) electrons. The van der Waals surface area contributed by atoms with Gasteiger partial charge >= 0.3 is 0 Å². The smallest absolute Gasteiger partial charge is 0.244 e. The van der Waals surface area contributed by atoms with Gasteiger partial charge in [-0.25, -0.2) is 0 Å². The molecule has 1 aromatic carbocycles. The van der Waals surface area contributed by atoms with Crippen LogP contribution < -0.4 is 20.1 Å². The standard InChI is InChI=1S/C16H23N5O2/c1-11(2)8-18-16-20-15(10-19-21-16)17-9-12-5-6-13(22-3)14(7-12)23-4/h5-7,10-11H,8-9H2,1-4H3,(H2,17,18,20,21). The molecule has 0 bridgehead atoms. The van der Waals surface area contributed by atoms with E-state index in [4.69, 9.17) is 9.47 Å². The summed E-state index contributed by atoms with van der Waals surface area (Å²) in [6.45, 7) is 5.66. The number of methoxy groups -OCH3 is 2. The fourth-order valence-corrected chi connectivity index (χ4v) is 1.94. The van der Waals surface area contributed by atoms with Gasteiger partial charge in [0, 0.05) is 13.1 Å². The van der Waals surface area contributed by atoms with Gasteiger partial charge < -0.3 is 20.1 Å². The molecule has 0 aliphatic heterocycles. The molecule has 2 rings (SSSR count). The van der Waals surface area contributed by atoms with Crippen LogP contribution in [0.15, 0.2) is 24.4 Å². The van der Waals surface area contributed by atoms with Gasteiger partial charge in [0.05, 0.1) is 20.4 Å². The lowest BCUT2D eigenvalue weighted by molar-refractivity contribution is 0.354. The van der Waals surface area contributed by atoms with Crippen molar-refractivity contribution in [1.82, 2.24) is 15.2 Å². The Morgan fingerprint density at radius 3 is 2.57 bits per heavy atom. The summed E-state index contributed by atoms with van der Waals surface area (Å²) >= 11 is 0. The fraction of sp³-hybridized carbons (Fsp3) is 0.438. The predicted molar refractivity (Wildman–Crippen MR) is 90.0 cm³/mol. The number of benzene rings is 1. The van der Waals surface area contributed by atoms with Crippen LogP contribution in [-0.2, 0) is 6.54 Å². The van der Waals surface area contributed by atoms with Crippen LogP contribution in [0.3, 0.4) is 0 Å². The van der Waals surface area contributed by atoms with E-state index >= 15 is 0 Å². The number of hydrogen-bond acceptors (Lipinski definition) is 7. The SMILES string of the molecule is COc1ccc(CNc2cnnc(NCC(C)C)n2)cc1OC. The van der Waals surface area contributed by atoms with Crippen LogP contribution in [0.4, 0.5) is 11.8 Å². The van der Waals surface area contributed by atoms with Crippen molar-refractivity contribution >= 4 is 11.8 Å². The van der Waals surface area contributed by atoms with Crippen molar-refractivity contribution in [3.05, 3.63) is 30.0 Å². The quantitative estimate of drug-likeness (QED) is 0.774. The van der Waals surface area contributed by atoms with E-state index in [-0.39, 0.29) is 0 Å². The Bertz CT molecular complexity index is 634. The molecule has 0 unspecified atom stereocenters. The predicted octanol–water partition coefficient (Wildman–Crippen LogP) is 2.57. The molecule has 0 aliphatic carbocycles. The maximum absolute atomic E-state index is 5.30. The first kappa shape index (κ1) is 16.8. The Balaban J connectivity index is 1.99. The lowest BCUT2D eigenvalue weighted by atomic mass is 10.2. The van der Waals surface area contributed by atoms with Crippen molar-refractivity contribution in [2.24, 2.45) is 5.92 Å². The van der Waals surface area contributed by atoms with Crippen LogP contribution in [0.25, 0.3) is 0 Å². The summed E-state index contributed by atoms with van der Waals surface area (Å²) in [6, 6.07) is 5.78. The zero-order valence-corrected chi connectivity index (χ0v) is 14.0. The van der Waals surface area contributed by atoms with Gasteiger partial charge in [0.15, 0.2) is 17.3 Å². The molecule has 7 nitrogen and oxygen atoms in total. The summed E-state index contributed by atoms with van der Waals surface area (Å²) in [7, 11) is 3.24. The molecule has 124 valence electrons. The first-order valence-corrected chi connectivity index (χ1v) is 7.50. The van der Waals surface area contributed by atoms with Crippen LogP contribution in [0.2, 0.25) is 0 Å². The first-order chi connectivity index (χ1) is 11.1. The van der Waals surface area contributed by atoms with Gasteiger partial charge in [0.25, 0.3) is 0 Å². The Labute approximate surface area is 136 Å². The third-order valence-electron chi connectivity index (χ3n) is 3.15. The van der Waals surface area contributed by atoms with E-state index < -0.39 is 0 Å². The zero-order chi connectivity index (χ0) is 16.7. The van der Waals surface area contributed by atoms with Gasteiger partial charge in [0.1, 0.15) is 0 Å². The molecule has 7 heteroatoms. The van der Waals surface area contributed by atoms with Gasteiger partial charge in [-0.3, -0.25) is 0 Å². The van der Waals surface area contributed by atoms with Crippen molar-refractivity contribution in [3.63, 3.8) is 0 Å². The Kier molecular flexibility index (Phi) is 5.96. The zero-order valence-electron chi connectivity index (χ0n) is 14.0. The highest BCUT2D eigenvalue weighted by Crippen LogP contribution is 2.27. The topological polar surface area (TPSA) is 81.2 Å². The maximum atomic E-state index is 5.30. The number of nitrogens with zero attached hydrogens (tertiary/aromatic N) is 3. The summed E-state index contributed by atoms with van der Waals surface area (Å²) in [5, 5.41) is 14.3. The van der Waals surface area contributed by atoms with Gasteiger partial charge in [-0.2, -0.15) is 10.1 Å². The van der Waals surface area contributed by atoms with Crippen molar-refractivity contribution in [1.29, 1.82) is 0 Å². The Hall–Kier alpha value is -2.57. The summed E-state index contributed by atoms with van der Waals surface area (Å²) in [4.78, 5) is 4.38. The molecule has 0 amide bonds. The Morgan fingerprint density at radius 2 is 1.87 bits per heavy atom. The second-order valence-corrected chi connectivity index (χ2v) is 5.48. The second kappa shape index (κ2) is 8.17. The monoisotopic (exact) mass is 317 g/mol. The molecule has 0 fully saturated rings. The van der Waals surface area contributed by atoms with Gasteiger partial charge in [-0.1, -0.05) is 19.9 Å². The molecule has 0 aliphatic rings. The van der Waals surface area contributed by atoms with Crippen molar-refractivity contribution in [3.8, 4) is 11.5 Å². The Morgan fingerprint density at radius 1 is 1.09 bits per heavy atom. The summed E-state index contributed by atoms with van der Waals surface area (Å²) in [5.41, 5.74) is 1.05. The molecule has 2 aromatic rings. The van der Waals surface area contributed by atoms with Crippen molar-refractivity contribution in [2.75, 3.05) is 31.4 Å². The average molecular weight is 317 g/mol. The highest BCUT2D eigenvalue weighted by Gasteiger charge is 2.05. The van der Waals surface area contributed by atoms with Crippen LogP contribution in [0.5, 0.6) is 11.5 Å². The number of ether oxygens (including phenoxy) is 2. The van der Waals surface area contributed by atoms with Crippen LogP contribution in [-0.4, -0.2) is 35.9 Å². The maximum Gasteiger partial charge on any atom is 0.244 e. The minimum atomic E-state index is 0.516. The largest absolute Gasteiger partial charge is 0.493 e. The van der Waals surface area contributed by atoms with E-state index in [1.807, 2.05) is 18.2 Å². The minimum Gasteiger partial charge on any atom is -0.493 e. The molecule has 0 saturated carbocycles. The summed E-state index contributed by atoms with van der Waals surface area (Å²) in [5.74, 6) is 3.12. The van der Waals surface area contributed by atoms with E-state index in [0.717, 1.165) is 12.1 Å². The lowest BCUT2D eigenvalue weighted by Crippen LogP contribution is -2.12. The highest BCUT2D eigenvalue weighted by atomic mass is 16.5. The molecule has 1 aromatic heterocycles. The molecule has 0 spiro atoms. The van der Waals surface area contributed by atoms with Crippen molar-refractivity contribution < 1.29 is 9.47 Å². The van der Waals surface area contributed by atoms with Crippen LogP contribution >= 0.6 is 0 Å². The van der Waals surface area contributed by atoms with E-state index in [2.05, 4.69) is 39.7 Å². The first-order valence-electron chi connectivity index (χ1n) is 7.50. The fourth-order valence-electron chi connectivity index (χ4n) is 1.94. The van der Waals surface area contributed by atoms with Gasteiger partial charge in [-0.05, 0) is 23.6 Å². The van der Waals surface area contributed by atoms with E-state index in [1.165, 1.54) is 0 Å². The lowest BCUT2D eigenvalue weighted by Gasteiger charge is -2.11. The van der Waals surface area contributed by atoms with Crippen LogP contribution in [0.1, 0.15) is 19.4 Å². The van der Waals surface area contributed by atoms with Crippen LogP contribution in [0, 0.1) is 5.92 Å². The van der Waals surface area contributed by atoms with Crippen molar-refractivity contribution in [2.45, 2.75) is 20.4 Å². The molecular formula is C16H23N5O2. The molecule has 0 atom stereocenters. The third-order valence-corrected chi connectivity index (χ3v) is 3.15. The van der Waals surface area contributed by atoms with Gasteiger partial charge in [-0.15, -0.1) is 5.10 Å². The molecule has 1 heterocycles. The number of anilines is 2. The molecule has 0 saturated heterocycles. The number of rotatable bonds is 8. The molecule has 23 heavy (non-hydrogen) atoms. The normalized spacial score (nSPS) is 10.5. The number of nitrogens with one attached hydrogen (secondary N) is 2. The second-order valence-electron chi connectivity index (χ2n) is 5.48. The summed E-state index contributed by atoms with van der Waals surface area (Å²) < 4.78 is 10.5. The molecule has 2 N–H and O–H groups in total. The number of hydrogen-bond donors (Lipinski definition) is 2. The van der Waals surface area contributed by atoms with E-state index in [9.17, 15) is 0 Å². The average Bonchev–Trinajstić information content (AvgIpc) is 2.58. The van der Waals surface area contributed by atoms with E-state index in [1.54, 1.807) is 20.4 Å². The molecular weight excluding hydrogens is 294 g/mol. The van der Waals surface area contributed by atoms with Gasteiger partial charge in [0.2, 0.25) is 5.95 Å². The minimum absolute atomic E-state index is 0.516.